The van der Waals surface area contributed by atoms with E-state index in [1.54, 1.807) is 23.3 Å². The Morgan fingerprint density at radius 1 is 1.14 bits per heavy atom. The first-order valence-electron chi connectivity index (χ1n) is 15.0. The molecule has 10 heteroatoms. The second kappa shape index (κ2) is 15.2. The Bertz CT molecular complexity index is 1350. The molecule has 1 heterocycles. The van der Waals surface area contributed by atoms with Crippen LogP contribution in [-0.4, -0.2) is 47.1 Å². The SMILES string of the molecule is CC(C)OC(=O)NC1CCC(c2ncc(-c3cc(CN(C)Cc4ccccc4)c(NC=O)cc3SNC(C)(C)C)s2)CC1. The van der Waals surface area contributed by atoms with E-state index >= 15 is 0 Å². The number of benzene rings is 2. The van der Waals surface area contributed by atoms with E-state index in [1.165, 1.54) is 5.56 Å². The lowest BCUT2D eigenvalue weighted by Crippen LogP contribution is -2.38. The van der Waals surface area contributed by atoms with Crippen LogP contribution in [0, 0.1) is 0 Å². The zero-order valence-corrected chi connectivity index (χ0v) is 27.7. The average Bonchev–Trinajstić information content (AvgIpc) is 3.43. The number of rotatable bonds is 12. The molecule has 3 aromatic rings. The van der Waals surface area contributed by atoms with Crippen molar-refractivity contribution in [1.29, 1.82) is 0 Å². The monoisotopic (exact) mass is 623 g/mol. The fourth-order valence-electron chi connectivity index (χ4n) is 5.18. The molecule has 4 rings (SSSR count). The van der Waals surface area contributed by atoms with Gasteiger partial charge in [-0.25, -0.2) is 9.78 Å². The number of nitrogens with one attached hydrogen (secondary N) is 3. The molecule has 43 heavy (non-hydrogen) atoms. The van der Waals surface area contributed by atoms with Crippen LogP contribution in [0.25, 0.3) is 10.4 Å². The molecule has 1 aliphatic carbocycles. The maximum Gasteiger partial charge on any atom is 0.407 e. The van der Waals surface area contributed by atoms with Crippen molar-refractivity contribution in [2.24, 2.45) is 0 Å². The third kappa shape index (κ3) is 10.1. The molecule has 0 radical (unpaired) electrons. The highest BCUT2D eigenvalue weighted by molar-refractivity contribution is 7.97. The van der Waals surface area contributed by atoms with Crippen LogP contribution in [0.1, 0.15) is 82.4 Å². The third-order valence-electron chi connectivity index (χ3n) is 7.15. The number of alkyl carbamates (subject to hydrolysis) is 1. The first-order chi connectivity index (χ1) is 20.5. The highest BCUT2D eigenvalue weighted by atomic mass is 32.2. The van der Waals surface area contributed by atoms with Crippen LogP contribution in [-0.2, 0) is 22.6 Å². The molecule has 0 unspecified atom stereocenters. The summed E-state index contributed by atoms with van der Waals surface area (Å²) in [6, 6.07) is 14.8. The van der Waals surface area contributed by atoms with Gasteiger partial charge in [-0.15, -0.1) is 11.3 Å². The van der Waals surface area contributed by atoms with E-state index in [-0.39, 0.29) is 23.8 Å². The van der Waals surface area contributed by atoms with Gasteiger partial charge >= 0.3 is 6.09 Å². The molecular weight excluding hydrogens is 579 g/mol. The highest BCUT2D eigenvalue weighted by Crippen LogP contribution is 2.42. The van der Waals surface area contributed by atoms with Crippen LogP contribution in [0.15, 0.2) is 53.6 Å². The molecule has 2 aromatic carbocycles. The normalized spacial score (nSPS) is 17.2. The molecule has 8 nitrogen and oxygen atoms in total. The molecule has 1 aliphatic rings. The molecule has 0 aliphatic heterocycles. The standard InChI is InChI=1S/C33H45N5O3S2/c1-22(2)41-32(40)36-26-14-12-24(13-15-26)31-34-18-30(42-31)27-16-25(20-38(6)19-23-10-8-7-9-11-23)28(35-21-39)17-29(27)43-37-33(3,4)5/h7-11,16-18,21-22,24,26,37H,12-15,19-20H2,1-6H3,(H,35,39)(H,36,40). The van der Waals surface area contributed by atoms with Crippen LogP contribution in [0.3, 0.4) is 0 Å². The van der Waals surface area contributed by atoms with Gasteiger partial charge in [-0.1, -0.05) is 30.3 Å². The number of thiazole rings is 1. The van der Waals surface area contributed by atoms with Gasteiger partial charge in [0.25, 0.3) is 0 Å². The van der Waals surface area contributed by atoms with Crippen LogP contribution in [0.4, 0.5) is 10.5 Å². The molecule has 1 fully saturated rings. The summed E-state index contributed by atoms with van der Waals surface area (Å²) in [7, 11) is 2.10. The van der Waals surface area contributed by atoms with Gasteiger partial charge in [0.05, 0.1) is 16.0 Å². The molecule has 0 bridgehead atoms. The van der Waals surface area contributed by atoms with E-state index in [9.17, 15) is 9.59 Å². The Morgan fingerprint density at radius 3 is 2.51 bits per heavy atom. The minimum atomic E-state index is -0.332. The molecule has 232 valence electrons. The van der Waals surface area contributed by atoms with E-state index in [0.717, 1.165) is 70.2 Å². The Hall–Kier alpha value is -2.92. The lowest BCUT2D eigenvalue weighted by atomic mass is 9.86. The van der Waals surface area contributed by atoms with Crippen LogP contribution < -0.4 is 15.4 Å². The fraction of sp³-hybridized carbons (Fsp3) is 0.485. The molecule has 2 amide bonds. The van der Waals surface area contributed by atoms with Crippen LogP contribution in [0.2, 0.25) is 0 Å². The van der Waals surface area contributed by atoms with Gasteiger partial charge in [-0.2, -0.15) is 0 Å². The van der Waals surface area contributed by atoms with E-state index in [0.29, 0.717) is 12.5 Å². The Balaban J connectivity index is 1.56. The number of carbonyl (C=O) groups excluding carboxylic acids is 2. The van der Waals surface area contributed by atoms with E-state index in [1.807, 2.05) is 26.1 Å². The lowest BCUT2D eigenvalue weighted by molar-refractivity contribution is -0.105. The summed E-state index contributed by atoms with van der Waals surface area (Å²) in [4.78, 5) is 33.0. The molecular formula is C33H45N5O3S2. The second-order valence-corrected chi connectivity index (χ2v) is 14.5. The van der Waals surface area contributed by atoms with Gasteiger partial charge in [0.15, 0.2) is 0 Å². The minimum absolute atomic E-state index is 0.0954. The average molecular weight is 624 g/mol. The molecule has 1 aromatic heterocycles. The van der Waals surface area contributed by atoms with E-state index in [4.69, 9.17) is 9.72 Å². The molecule has 0 saturated heterocycles. The third-order valence-corrected chi connectivity index (χ3v) is 9.62. The van der Waals surface area contributed by atoms with Gasteiger partial charge in [-0.05, 0) is 103 Å². The Morgan fingerprint density at radius 2 is 1.86 bits per heavy atom. The number of carbonyl (C=O) groups is 2. The number of anilines is 1. The summed E-state index contributed by atoms with van der Waals surface area (Å²) in [5.41, 5.74) is 4.11. The van der Waals surface area contributed by atoms with Crippen molar-refractivity contribution in [3.05, 3.63) is 64.8 Å². The minimum Gasteiger partial charge on any atom is -0.447 e. The van der Waals surface area contributed by atoms with Crippen molar-refractivity contribution in [2.75, 3.05) is 12.4 Å². The Labute approximate surface area is 264 Å². The number of hydrogen-bond donors (Lipinski definition) is 3. The summed E-state index contributed by atoms with van der Waals surface area (Å²) in [5.74, 6) is 0.370. The first kappa shape index (κ1) is 33.0. The zero-order valence-electron chi connectivity index (χ0n) is 26.1. The number of aromatic nitrogens is 1. The predicted octanol–water partition coefficient (Wildman–Crippen LogP) is 7.57. The quantitative estimate of drug-likeness (QED) is 0.142. The van der Waals surface area contributed by atoms with Gasteiger partial charge in [0.1, 0.15) is 0 Å². The topological polar surface area (TPSA) is 95.6 Å². The summed E-state index contributed by atoms with van der Waals surface area (Å²) in [5, 5.41) is 7.10. The van der Waals surface area contributed by atoms with Gasteiger partial charge in [-0.3, -0.25) is 14.4 Å². The fourth-order valence-corrected chi connectivity index (χ4v) is 7.23. The highest BCUT2D eigenvalue weighted by Gasteiger charge is 2.27. The summed E-state index contributed by atoms with van der Waals surface area (Å²) in [6.45, 7) is 11.6. The van der Waals surface area contributed by atoms with E-state index in [2.05, 4.69) is 84.5 Å². The van der Waals surface area contributed by atoms with Crippen LogP contribution in [0.5, 0.6) is 0 Å². The van der Waals surface area contributed by atoms with Gasteiger partial charge in [0, 0.05) is 52.9 Å². The van der Waals surface area contributed by atoms with Gasteiger partial charge < -0.3 is 15.4 Å². The summed E-state index contributed by atoms with van der Waals surface area (Å²) < 4.78 is 8.80. The van der Waals surface area contributed by atoms with Crippen molar-refractivity contribution < 1.29 is 14.3 Å². The van der Waals surface area contributed by atoms with Crippen molar-refractivity contribution >= 4 is 41.5 Å². The van der Waals surface area contributed by atoms with Crippen LogP contribution >= 0.6 is 23.3 Å². The summed E-state index contributed by atoms with van der Waals surface area (Å²) in [6.07, 6.45) is 6.06. The smallest absolute Gasteiger partial charge is 0.407 e. The lowest BCUT2D eigenvalue weighted by Gasteiger charge is -2.28. The van der Waals surface area contributed by atoms with Crippen molar-refractivity contribution in [2.45, 2.75) is 102 Å². The molecule has 0 atom stereocenters. The largest absolute Gasteiger partial charge is 0.447 e. The maximum absolute atomic E-state index is 12.1. The predicted molar refractivity (Wildman–Crippen MR) is 177 cm³/mol. The van der Waals surface area contributed by atoms with Crippen molar-refractivity contribution in [3.8, 4) is 10.4 Å². The first-order valence-corrected chi connectivity index (χ1v) is 16.6. The second-order valence-electron chi connectivity index (χ2n) is 12.6. The zero-order chi connectivity index (χ0) is 31.0. The molecule has 3 N–H and O–H groups in total. The number of ether oxygens (including phenoxy) is 1. The number of nitrogens with zero attached hydrogens (tertiary/aromatic N) is 2. The maximum atomic E-state index is 12.1. The van der Waals surface area contributed by atoms with Crippen molar-refractivity contribution in [1.82, 2.24) is 19.9 Å². The number of hydrogen-bond acceptors (Lipinski definition) is 8. The van der Waals surface area contributed by atoms with Crippen molar-refractivity contribution in [3.63, 3.8) is 0 Å². The summed E-state index contributed by atoms with van der Waals surface area (Å²) >= 11 is 3.33. The molecule has 0 spiro atoms. The van der Waals surface area contributed by atoms with E-state index < -0.39 is 0 Å². The molecule has 1 saturated carbocycles. The van der Waals surface area contributed by atoms with Gasteiger partial charge in [0.2, 0.25) is 6.41 Å². The Kier molecular flexibility index (Phi) is 11.7. The number of amides is 2.